The Bertz CT molecular complexity index is 699. The van der Waals surface area contributed by atoms with Gasteiger partial charge in [0.05, 0.1) is 11.9 Å². The molecule has 21 heavy (non-hydrogen) atoms. The third kappa shape index (κ3) is 3.57. The number of para-hydroxylation sites is 1. The molecule has 1 atom stereocenters. The summed E-state index contributed by atoms with van der Waals surface area (Å²) in [4.78, 5) is 23.3. The van der Waals surface area contributed by atoms with Crippen molar-refractivity contribution in [3.8, 4) is 0 Å². The van der Waals surface area contributed by atoms with Gasteiger partial charge in [-0.3, -0.25) is 14.6 Å². The highest BCUT2D eigenvalue weighted by atomic mass is 32.2. The third-order valence-electron chi connectivity index (χ3n) is 2.80. The van der Waals surface area contributed by atoms with Crippen molar-refractivity contribution in [3.63, 3.8) is 0 Å². The number of amides is 2. The Labute approximate surface area is 121 Å². The van der Waals surface area contributed by atoms with Crippen LogP contribution in [0.15, 0.2) is 35.4 Å². The minimum atomic E-state index is -3.70. The van der Waals surface area contributed by atoms with Crippen molar-refractivity contribution in [3.05, 3.63) is 30.3 Å². The molecule has 0 spiro atoms. The second kappa shape index (κ2) is 5.52. The molecule has 1 heterocycles. The van der Waals surface area contributed by atoms with E-state index in [1.54, 1.807) is 30.3 Å². The lowest BCUT2D eigenvalue weighted by Gasteiger charge is -2.20. The largest absolute Gasteiger partial charge is 0.368 e. The zero-order valence-corrected chi connectivity index (χ0v) is 12.0. The fourth-order valence-corrected chi connectivity index (χ4v) is 2.37. The number of rotatable bonds is 4. The lowest BCUT2D eigenvalue weighted by Crippen LogP contribution is -2.40. The Balaban J connectivity index is 2.30. The van der Waals surface area contributed by atoms with Gasteiger partial charge >= 0.3 is 0 Å². The van der Waals surface area contributed by atoms with E-state index in [4.69, 9.17) is 5.73 Å². The standard InChI is InChI=1S/C12H14N4O4S/c1-21(19,20)15-12(18)9-7-10(11(13)17)16(14-9)8-5-3-2-4-6-8/h2-6,10H,7H2,1H3,(H2,13,17)(H,15,18)/t10-/m0/s1. The highest BCUT2D eigenvalue weighted by Crippen LogP contribution is 2.24. The Morgan fingerprint density at radius 2 is 1.95 bits per heavy atom. The number of hydrogen-bond donors (Lipinski definition) is 2. The van der Waals surface area contributed by atoms with Gasteiger partial charge < -0.3 is 5.73 Å². The highest BCUT2D eigenvalue weighted by molar-refractivity contribution is 7.89. The number of sulfonamides is 1. The van der Waals surface area contributed by atoms with Crippen molar-refractivity contribution in [1.82, 2.24) is 4.72 Å². The van der Waals surface area contributed by atoms with Gasteiger partial charge in [-0.15, -0.1) is 0 Å². The number of benzene rings is 1. The fraction of sp³-hybridized carbons (Fsp3) is 0.250. The SMILES string of the molecule is CS(=O)(=O)NC(=O)C1=NN(c2ccccc2)[C@H](C(N)=O)C1. The number of nitrogens with two attached hydrogens (primary N) is 1. The first-order chi connectivity index (χ1) is 9.78. The summed E-state index contributed by atoms with van der Waals surface area (Å²) in [5.74, 6) is -1.51. The molecule has 0 bridgehead atoms. The maximum Gasteiger partial charge on any atom is 0.281 e. The number of primary amides is 1. The van der Waals surface area contributed by atoms with Crippen LogP contribution in [0.2, 0.25) is 0 Å². The monoisotopic (exact) mass is 310 g/mol. The van der Waals surface area contributed by atoms with Gasteiger partial charge in [0.15, 0.2) is 0 Å². The second-order valence-corrected chi connectivity index (χ2v) is 6.30. The molecule has 3 N–H and O–H groups in total. The number of nitrogens with one attached hydrogen (secondary N) is 1. The molecular formula is C12H14N4O4S. The summed E-state index contributed by atoms with van der Waals surface area (Å²) in [5, 5.41) is 5.34. The van der Waals surface area contributed by atoms with Crippen molar-refractivity contribution in [1.29, 1.82) is 0 Å². The van der Waals surface area contributed by atoms with Gasteiger partial charge in [0.25, 0.3) is 5.91 Å². The van der Waals surface area contributed by atoms with Crippen LogP contribution in [0.3, 0.4) is 0 Å². The van der Waals surface area contributed by atoms with Crippen LogP contribution in [0.1, 0.15) is 6.42 Å². The first kappa shape index (κ1) is 15.0. The van der Waals surface area contributed by atoms with Crippen molar-refractivity contribution in [2.24, 2.45) is 10.8 Å². The zero-order chi connectivity index (χ0) is 15.6. The van der Waals surface area contributed by atoms with Crippen LogP contribution in [0.5, 0.6) is 0 Å². The molecule has 8 nitrogen and oxygen atoms in total. The van der Waals surface area contributed by atoms with Gasteiger partial charge in [-0.1, -0.05) is 18.2 Å². The van der Waals surface area contributed by atoms with E-state index in [-0.39, 0.29) is 12.1 Å². The number of carbonyl (C=O) groups excluding carboxylic acids is 2. The Kier molecular flexibility index (Phi) is 3.94. The molecule has 112 valence electrons. The second-order valence-electron chi connectivity index (χ2n) is 4.55. The van der Waals surface area contributed by atoms with Crippen LogP contribution in [0.25, 0.3) is 0 Å². The third-order valence-corrected chi connectivity index (χ3v) is 3.36. The van der Waals surface area contributed by atoms with E-state index in [0.717, 1.165) is 6.26 Å². The van der Waals surface area contributed by atoms with E-state index >= 15 is 0 Å². The summed E-state index contributed by atoms with van der Waals surface area (Å²) in [5.41, 5.74) is 5.84. The summed E-state index contributed by atoms with van der Waals surface area (Å²) < 4.78 is 24.0. The van der Waals surface area contributed by atoms with Crippen LogP contribution >= 0.6 is 0 Å². The van der Waals surface area contributed by atoms with Crippen LogP contribution in [0, 0.1) is 0 Å². The van der Waals surface area contributed by atoms with E-state index in [1.165, 1.54) is 5.01 Å². The molecule has 0 unspecified atom stereocenters. The number of hydrogen-bond acceptors (Lipinski definition) is 6. The molecule has 9 heteroatoms. The van der Waals surface area contributed by atoms with Crippen LogP contribution < -0.4 is 15.5 Å². The smallest absolute Gasteiger partial charge is 0.281 e. The van der Waals surface area contributed by atoms with E-state index < -0.39 is 27.9 Å². The molecular weight excluding hydrogens is 296 g/mol. The maximum absolute atomic E-state index is 11.8. The Hall–Kier alpha value is -2.42. The minimum absolute atomic E-state index is 0.0500. The average Bonchev–Trinajstić information content (AvgIpc) is 2.83. The van der Waals surface area contributed by atoms with Crippen LogP contribution in [-0.4, -0.2) is 38.2 Å². The minimum Gasteiger partial charge on any atom is -0.368 e. The van der Waals surface area contributed by atoms with Crippen molar-refractivity contribution in [2.45, 2.75) is 12.5 Å². The number of carbonyl (C=O) groups is 2. The molecule has 2 rings (SSSR count). The van der Waals surface area contributed by atoms with E-state index in [9.17, 15) is 18.0 Å². The van der Waals surface area contributed by atoms with Crippen molar-refractivity contribution < 1.29 is 18.0 Å². The topological polar surface area (TPSA) is 122 Å². The summed E-state index contributed by atoms with van der Waals surface area (Å²) in [6, 6.07) is 7.87. The summed E-state index contributed by atoms with van der Waals surface area (Å²) >= 11 is 0. The molecule has 1 aliphatic rings. The predicted octanol–water partition coefficient (Wildman–Crippen LogP) is -0.818. The molecule has 0 saturated carbocycles. The predicted molar refractivity (Wildman–Crippen MR) is 76.9 cm³/mol. The molecule has 0 fully saturated rings. The molecule has 0 radical (unpaired) electrons. The van der Waals surface area contributed by atoms with Gasteiger partial charge in [-0.2, -0.15) is 5.10 Å². The molecule has 0 saturated heterocycles. The van der Waals surface area contributed by atoms with Crippen molar-refractivity contribution >= 4 is 33.2 Å². The lowest BCUT2D eigenvalue weighted by molar-refractivity contribution is -0.119. The van der Waals surface area contributed by atoms with Gasteiger partial charge in [-0.25, -0.2) is 13.1 Å². The van der Waals surface area contributed by atoms with E-state index in [0.29, 0.717) is 5.69 Å². The number of anilines is 1. The molecule has 1 aliphatic heterocycles. The zero-order valence-electron chi connectivity index (χ0n) is 11.2. The quantitative estimate of drug-likeness (QED) is 0.752. The first-order valence-electron chi connectivity index (χ1n) is 6.01. The maximum atomic E-state index is 11.8. The van der Waals surface area contributed by atoms with Gasteiger partial charge in [-0.05, 0) is 12.1 Å². The van der Waals surface area contributed by atoms with E-state index in [2.05, 4.69) is 5.10 Å². The number of nitrogens with zero attached hydrogens (tertiary/aromatic N) is 2. The molecule has 1 aromatic carbocycles. The van der Waals surface area contributed by atoms with Crippen LogP contribution in [0.4, 0.5) is 5.69 Å². The van der Waals surface area contributed by atoms with Gasteiger partial charge in [0, 0.05) is 6.42 Å². The Morgan fingerprint density at radius 1 is 1.33 bits per heavy atom. The summed E-state index contributed by atoms with van der Waals surface area (Å²) in [6.07, 6.45) is 0.812. The molecule has 2 amide bonds. The normalized spacial score (nSPS) is 18.2. The molecule has 0 aromatic heterocycles. The van der Waals surface area contributed by atoms with Gasteiger partial charge in [0.1, 0.15) is 11.8 Å². The van der Waals surface area contributed by atoms with Crippen molar-refractivity contribution in [2.75, 3.05) is 11.3 Å². The van der Waals surface area contributed by atoms with Crippen LogP contribution in [-0.2, 0) is 19.6 Å². The van der Waals surface area contributed by atoms with E-state index in [1.807, 2.05) is 4.72 Å². The summed E-state index contributed by atoms with van der Waals surface area (Å²) in [7, 11) is -3.70. The molecule has 1 aromatic rings. The lowest BCUT2D eigenvalue weighted by atomic mass is 10.1. The Morgan fingerprint density at radius 3 is 2.48 bits per heavy atom. The fourth-order valence-electron chi connectivity index (χ4n) is 1.92. The number of hydrazone groups is 1. The summed E-state index contributed by atoms with van der Waals surface area (Å²) in [6.45, 7) is 0. The average molecular weight is 310 g/mol. The van der Waals surface area contributed by atoms with Gasteiger partial charge in [0.2, 0.25) is 15.9 Å². The molecule has 0 aliphatic carbocycles. The first-order valence-corrected chi connectivity index (χ1v) is 7.90. The highest BCUT2D eigenvalue weighted by Gasteiger charge is 2.35.